The number of anilines is 1. The molecule has 1 fully saturated rings. The van der Waals surface area contributed by atoms with Crippen molar-refractivity contribution in [3.8, 4) is 0 Å². The zero-order chi connectivity index (χ0) is 24.1. The van der Waals surface area contributed by atoms with Gasteiger partial charge >= 0.3 is 6.18 Å². The van der Waals surface area contributed by atoms with Crippen LogP contribution in [0, 0.1) is 0 Å². The highest BCUT2D eigenvalue weighted by atomic mass is 35.5. The number of benzene rings is 1. The maximum absolute atomic E-state index is 13.3. The Hall–Kier alpha value is -1.94. The number of halogens is 7. The van der Waals surface area contributed by atoms with Gasteiger partial charge in [-0.15, -0.1) is 0 Å². The minimum atomic E-state index is -4.73. The summed E-state index contributed by atoms with van der Waals surface area (Å²) in [4.78, 5) is 12.8. The topological polar surface area (TPSA) is 64.7 Å². The molecule has 1 saturated carbocycles. The Balaban J connectivity index is 1.54. The lowest BCUT2D eigenvalue weighted by Crippen LogP contribution is -2.26. The molecule has 2 aromatic heterocycles. The maximum Gasteiger partial charge on any atom is 0.436 e. The Morgan fingerprint density at radius 1 is 1.18 bits per heavy atom. The van der Waals surface area contributed by atoms with Gasteiger partial charge in [0, 0.05) is 22.2 Å². The molecule has 0 bridgehead atoms. The van der Waals surface area contributed by atoms with Crippen LogP contribution in [0.1, 0.15) is 48.7 Å². The second-order valence-electron chi connectivity index (χ2n) is 7.69. The lowest BCUT2D eigenvalue weighted by Gasteiger charge is -2.15. The average molecular weight is 541 g/mol. The first-order valence-electron chi connectivity index (χ1n) is 9.78. The van der Waals surface area contributed by atoms with Gasteiger partial charge in [0.15, 0.2) is 11.5 Å². The number of rotatable bonds is 6. The van der Waals surface area contributed by atoms with Crippen molar-refractivity contribution in [2.24, 2.45) is 0 Å². The minimum absolute atomic E-state index is 0.0564. The summed E-state index contributed by atoms with van der Waals surface area (Å²) in [5.41, 5.74) is -0.264. The number of hydrogen-bond acceptors (Lipinski definition) is 3. The van der Waals surface area contributed by atoms with Gasteiger partial charge in [0.1, 0.15) is 11.1 Å². The van der Waals surface area contributed by atoms with Gasteiger partial charge in [-0.05, 0) is 37.5 Å². The van der Waals surface area contributed by atoms with E-state index in [1.165, 1.54) is 17.8 Å². The van der Waals surface area contributed by atoms with Crippen LogP contribution >= 0.6 is 46.4 Å². The van der Waals surface area contributed by atoms with Crippen molar-refractivity contribution in [3.05, 3.63) is 61.4 Å². The fraction of sp³-hybridized carbons (Fsp3) is 0.350. The Labute approximate surface area is 206 Å². The number of carbonyl (C=O) groups is 1. The molecular formula is C20H16Cl4F3N5O. The van der Waals surface area contributed by atoms with Crippen molar-refractivity contribution in [1.82, 2.24) is 19.6 Å². The van der Waals surface area contributed by atoms with E-state index in [2.05, 4.69) is 15.5 Å². The molecule has 0 radical (unpaired) electrons. The molecule has 6 nitrogen and oxygen atoms in total. The van der Waals surface area contributed by atoms with Gasteiger partial charge in [0.25, 0.3) is 0 Å². The highest BCUT2D eigenvalue weighted by molar-refractivity contribution is 6.35. The van der Waals surface area contributed by atoms with E-state index < -0.39 is 28.8 Å². The van der Waals surface area contributed by atoms with E-state index in [9.17, 15) is 18.0 Å². The van der Waals surface area contributed by atoms with Crippen LogP contribution in [0.4, 0.5) is 19.0 Å². The summed E-state index contributed by atoms with van der Waals surface area (Å²) in [6.45, 7) is 1.69. The first kappa shape index (κ1) is 24.2. The van der Waals surface area contributed by atoms with E-state index in [4.69, 9.17) is 46.4 Å². The van der Waals surface area contributed by atoms with Gasteiger partial charge in [-0.2, -0.15) is 23.4 Å². The number of amides is 1. The largest absolute Gasteiger partial charge is 0.436 e. The van der Waals surface area contributed by atoms with Crippen molar-refractivity contribution in [3.63, 3.8) is 0 Å². The van der Waals surface area contributed by atoms with E-state index in [0.717, 1.165) is 10.2 Å². The van der Waals surface area contributed by atoms with Gasteiger partial charge in [-0.3, -0.25) is 14.2 Å². The van der Waals surface area contributed by atoms with Crippen LogP contribution in [0.2, 0.25) is 20.1 Å². The summed E-state index contributed by atoms with van der Waals surface area (Å²) in [5, 5.41) is 11.0. The summed E-state index contributed by atoms with van der Waals surface area (Å²) in [6, 6.07) is 3.93. The van der Waals surface area contributed by atoms with Gasteiger partial charge in [-0.25, -0.2) is 0 Å². The molecule has 2 heterocycles. The highest BCUT2D eigenvalue weighted by Gasteiger charge is 2.43. The van der Waals surface area contributed by atoms with Crippen LogP contribution in [0.15, 0.2) is 24.4 Å². The maximum atomic E-state index is 13.3. The van der Waals surface area contributed by atoms with Gasteiger partial charge < -0.3 is 5.32 Å². The number of alkyl halides is 3. The molecule has 4 rings (SSSR count). The quantitative estimate of drug-likeness (QED) is 0.372. The molecule has 0 aliphatic heterocycles. The molecule has 176 valence electrons. The molecule has 33 heavy (non-hydrogen) atoms. The van der Waals surface area contributed by atoms with Crippen LogP contribution in [0.5, 0.6) is 0 Å². The molecule has 1 aliphatic carbocycles. The number of carbonyl (C=O) groups excluding carboxylic acids is 1. The zero-order valence-corrected chi connectivity index (χ0v) is 20.0. The van der Waals surface area contributed by atoms with Crippen LogP contribution in [0.25, 0.3) is 0 Å². The standard InChI is InChI=1S/C20H16Cl4F3N5O/c1-9(32-16(10-2-3-10)15(24)17(29-32)20(25,26)27)19(33)28-18-14(23)8-31(30-18)7-11-4-5-12(21)6-13(11)22/h4-6,8-10H,2-3,7H2,1H3,(H,28,30,33). The molecule has 0 spiro atoms. The SMILES string of the molecule is CC(C(=O)Nc1nn(Cc2ccc(Cl)cc2Cl)cc1Cl)n1nc(C(F)(F)F)c(Cl)c1C1CC1. The molecule has 1 N–H and O–H groups in total. The van der Waals surface area contributed by atoms with E-state index in [1.807, 2.05) is 0 Å². The van der Waals surface area contributed by atoms with Gasteiger partial charge in [-0.1, -0.05) is 52.5 Å². The Kier molecular flexibility index (Phi) is 6.61. The molecule has 1 aromatic carbocycles. The van der Waals surface area contributed by atoms with Crippen molar-refractivity contribution in [2.75, 3.05) is 5.32 Å². The molecule has 1 aliphatic rings. The minimum Gasteiger partial charge on any atom is -0.306 e. The van der Waals surface area contributed by atoms with Crippen molar-refractivity contribution >= 4 is 58.1 Å². The molecule has 0 saturated heterocycles. The summed E-state index contributed by atoms with van der Waals surface area (Å²) < 4.78 is 42.5. The van der Waals surface area contributed by atoms with Crippen LogP contribution in [-0.4, -0.2) is 25.5 Å². The summed E-state index contributed by atoms with van der Waals surface area (Å²) in [6.07, 6.45) is -1.87. The summed E-state index contributed by atoms with van der Waals surface area (Å²) in [5.74, 6) is -0.745. The molecule has 3 aromatic rings. The van der Waals surface area contributed by atoms with E-state index in [-0.39, 0.29) is 29.0 Å². The molecular weight excluding hydrogens is 525 g/mol. The molecule has 1 unspecified atom stereocenters. The Bertz CT molecular complexity index is 1220. The zero-order valence-electron chi connectivity index (χ0n) is 16.9. The summed E-state index contributed by atoms with van der Waals surface area (Å²) in [7, 11) is 0. The van der Waals surface area contributed by atoms with Crippen LogP contribution < -0.4 is 5.32 Å². The van der Waals surface area contributed by atoms with E-state index in [1.54, 1.807) is 18.2 Å². The molecule has 13 heteroatoms. The predicted octanol–water partition coefficient (Wildman–Crippen LogP) is 6.84. The smallest absolute Gasteiger partial charge is 0.306 e. The van der Waals surface area contributed by atoms with E-state index >= 15 is 0 Å². The first-order chi connectivity index (χ1) is 15.5. The number of aromatic nitrogens is 4. The first-order valence-corrected chi connectivity index (χ1v) is 11.3. The predicted molar refractivity (Wildman–Crippen MR) is 120 cm³/mol. The van der Waals surface area contributed by atoms with E-state index in [0.29, 0.717) is 22.9 Å². The third-order valence-electron chi connectivity index (χ3n) is 5.17. The van der Waals surface area contributed by atoms with Crippen LogP contribution in [0.3, 0.4) is 0 Å². The monoisotopic (exact) mass is 539 g/mol. The second kappa shape index (κ2) is 9.02. The van der Waals surface area contributed by atoms with Gasteiger partial charge in [0.05, 0.1) is 17.3 Å². The third-order valence-corrected chi connectivity index (χ3v) is 6.41. The highest BCUT2D eigenvalue weighted by Crippen LogP contribution is 2.47. The Morgan fingerprint density at radius 3 is 2.48 bits per heavy atom. The fourth-order valence-corrected chi connectivity index (χ4v) is 4.40. The number of hydrogen-bond donors (Lipinski definition) is 1. The average Bonchev–Trinajstić information content (AvgIpc) is 3.41. The van der Waals surface area contributed by atoms with Crippen molar-refractivity contribution < 1.29 is 18.0 Å². The van der Waals surface area contributed by atoms with Crippen molar-refractivity contribution in [1.29, 1.82) is 0 Å². The third kappa shape index (κ3) is 5.11. The fourth-order valence-electron chi connectivity index (χ4n) is 3.35. The number of nitrogens with zero attached hydrogens (tertiary/aromatic N) is 4. The number of nitrogens with one attached hydrogen (secondary N) is 1. The lowest BCUT2D eigenvalue weighted by molar-refractivity contribution is -0.141. The second-order valence-corrected chi connectivity index (χ2v) is 9.32. The lowest BCUT2D eigenvalue weighted by atomic mass is 10.2. The Morgan fingerprint density at radius 2 is 1.88 bits per heavy atom. The van der Waals surface area contributed by atoms with Crippen molar-refractivity contribution in [2.45, 2.75) is 44.4 Å². The van der Waals surface area contributed by atoms with Crippen LogP contribution in [-0.2, 0) is 17.5 Å². The molecule has 1 amide bonds. The summed E-state index contributed by atoms with van der Waals surface area (Å²) >= 11 is 24.3. The molecule has 1 atom stereocenters. The van der Waals surface area contributed by atoms with Gasteiger partial charge in [0.2, 0.25) is 5.91 Å². The normalized spacial score (nSPS) is 15.0.